The van der Waals surface area contributed by atoms with Crippen molar-refractivity contribution in [3.8, 4) is 0 Å². The zero-order valence-electron chi connectivity index (χ0n) is 11.4. The predicted octanol–water partition coefficient (Wildman–Crippen LogP) is 3.65. The van der Waals surface area contributed by atoms with E-state index in [4.69, 9.17) is 28.9 Å². The molecule has 0 aliphatic heterocycles. The minimum atomic E-state index is -0.683. The van der Waals surface area contributed by atoms with Crippen LogP contribution < -0.4 is 5.73 Å². The van der Waals surface area contributed by atoms with E-state index in [0.717, 1.165) is 31.2 Å². The summed E-state index contributed by atoms with van der Waals surface area (Å²) < 4.78 is 0. The van der Waals surface area contributed by atoms with Crippen molar-refractivity contribution in [3.63, 3.8) is 0 Å². The highest BCUT2D eigenvalue weighted by Crippen LogP contribution is 2.29. The Morgan fingerprint density at radius 3 is 2.25 bits per heavy atom. The Labute approximate surface area is 135 Å². The van der Waals surface area contributed by atoms with Gasteiger partial charge in [-0.3, -0.25) is 4.79 Å². The molecule has 0 bridgehead atoms. The van der Waals surface area contributed by atoms with Gasteiger partial charge in [0.1, 0.15) is 0 Å². The van der Waals surface area contributed by atoms with Gasteiger partial charge >= 0.3 is 0 Å². The Balaban J connectivity index is 0.00000200. The smallest absolute Gasteiger partial charge is 0.242 e. The molecule has 2 N–H and O–H groups in total. The number of nitrogens with two attached hydrogens (primary N) is 1. The quantitative estimate of drug-likeness (QED) is 0.915. The minimum absolute atomic E-state index is 0. The number of hydrogen-bond acceptors (Lipinski definition) is 2. The first-order valence-electron chi connectivity index (χ1n) is 6.40. The third-order valence-electron chi connectivity index (χ3n) is 3.61. The number of hydrogen-bond donors (Lipinski definition) is 1. The van der Waals surface area contributed by atoms with Gasteiger partial charge in [-0.25, -0.2) is 0 Å². The molecule has 1 saturated carbocycles. The standard InChI is InChI=1S/C14H18Cl2N2O.ClH/c1-18(13(19)14(17)4-2-3-5-14)9-10-6-11(15)8-12(16)7-10;/h6-8H,2-5,9,17H2,1H3;1H. The Hall–Kier alpha value is -0.480. The molecule has 0 aromatic heterocycles. The lowest BCUT2D eigenvalue weighted by atomic mass is 9.97. The zero-order chi connectivity index (χ0) is 14.0. The molecule has 20 heavy (non-hydrogen) atoms. The highest BCUT2D eigenvalue weighted by atomic mass is 35.5. The van der Waals surface area contributed by atoms with Crippen molar-refractivity contribution in [2.45, 2.75) is 37.8 Å². The van der Waals surface area contributed by atoms with Gasteiger partial charge in [0.05, 0.1) is 5.54 Å². The highest BCUT2D eigenvalue weighted by molar-refractivity contribution is 6.34. The van der Waals surface area contributed by atoms with Gasteiger partial charge in [0.2, 0.25) is 5.91 Å². The molecule has 112 valence electrons. The summed E-state index contributed by atoms with van der Waals surface area (Å²) in [6.07, 6.45) is 3.59. The summed E-state index contributed by atoms with van der Waals surface area (Å²) in [7, 11) is 1.77. The minimum Gasteiger partial charge on any atom is -0.340 e. The Bertz CT molecular complexity index is 467. The van der Waals surface area contributed by atoms with Crippen molar-refractivity contribution in [2.24, 2.45) is 5.73 Å². The summed E-state index contributed by atoms with van der Waals surface area (Å²) in [5.41, 5.74) is 6.40. The summed E-state index contributed by atoms with van der Waals surface area (Å²) in [6, 6.07) is 5.31. The van der Waals surface area contributed by atoms with Crippen LogP contribution in [0.5, 0.6) is 0 Å². The van der Waals surface area contributed by atoms with Gasteiger partial charge < -0.3 is 10.6 Å². The van der Waals surface area contributed by atoms with E-state index in [1.54, 1.807) is 18.0 Å². The van der Waals surface area contributed by atoms with Crippen LogP contribution in [-0.4, -0.2) is 23.4 Å². The first-order valence-corrected chi connectivity index (χ1v) is 7.16. The van der Waals surface area contributed by atoms with Crippen LogP contribution in [0.1, 0.15) is 31.2 Å². The molecule has 1 aromatic rings. The van der Waals surface area contributed by atoms with Crippen molar-refractivity contribution >= 4 is 41.5 Å². The van der Waals surface area contributed by atoms with Gasteiger partial charge in [0, 0.05) is 23.6 Å². The van der Waals surface area contributed by atoms with E-state index < -0.39 is 5.54 Å². The average molecular weight is 338 g/mol. The molecule has 0 saturated heterocycles. The lowest BCUT2D eigenvalue weighted by Crippen LogP contribution is -2.52. The average Bonchev–Trinajstić information content (AvgIpc) is 2.75. The normalized spacial score (nSPS) is 16.6. The fourth-order valence-electron chi connectivity index (χ4n) is 2.65. The van der Waals surface area contributed by atoms with Gasteiger partial charge in [0.25, 0.3) is 0 Å². The third-order valence-corrected chi connectivity index (χ3v) is 4.05. The van der Waals surface area contributed by atoms with Crippen molar-refractivity contribution in [3.05, 3.63) is 33.8 Å². The number of carbonyl (C=O) groups is 1. The van der Waals surface area contributed by atoms with Gasteiger partial charge in [-0.05, 0) is 36.6 Å². The Morgan fingerprint density at radius 2 is 1.75 bits per heavy atom. The molecule has 2 rings (SSSR count). The van der Waals surface area contributed by atoms with Gasteiger partial charge in [-0.1, -0.05) is 36.0 Å². The molecule has 0 unspecified atom stereocenters. The third kappa shape index (κ3) is 4.01. The summed E-state index contributed by atoms with van der Waals surface area (Å²) in [4.78, 5) is 14.0. The number of benzene rings is 1. The summed E-state index contributed by atoms with van der Waals surface area (Å²) in [5.74, 6) is 0.00102. The number of carbonyl (C=O) groups excluding carboxylic acids is 1. The molecule has 1 fully saturated rings. The zero-order valence-corrected chi connectivity index (χ0v) is 13.7. The van der Waals surface area contributed by atoms with Crippen molar-refractivity contribution < 1.29 is 4.79 Å². The second-order valence-electron chi connectivity index (χ2n) is 5.30. The Morgan fingerprint density at radius 1 is 1.25 bits per heavy atom. The number of amides is 1. The van der Waals surface area contributed by atoms with Gasteiger partial charge in [0.15, 0.2) is 0 Å². The van der Waals surface area contributed by atoms with Gasteiger partial charge in [-0.2, -0.15) is 0 Å². The fraction of sp³-hybridized carbons (Fsp3) is 0.500. The molecule has 0 atom stereocenters. The van der Waals surface area contributed by atoms with Crippen LogP contribution in [0.15, 0.2) is 18.2 Å². The molecule has 3 nitrogen and oxygen atoms in total. The topological polar surface area (TPSA) is 46.3 Å². The van der Waals surface area contributed by atoms with Crippen LogP contribution in [0, 0.1) is 0 Å². The fourth-order valence-corrected chi connectivity index (χ4v) is 3.22. The molecular formula is C14H19Cl3N2O. The maximum absolute atomic E-state index is 12.4. The van der Waals surface area contributed by atoms with Crippen molar-refractivity contribution in [1.82, 2.24) is 4.90 Å². The SMILES string of the molecule is CN(Cc1cc(Cl)cc(Cl)c1)C(=O)C1(N)CCCC1.Cl. The number of likely N-dealkylation sites (N-methyl/N-ethyl adjacent to an activating group) is 1. The second kappa shape index (κ2) is 6.99. The summed E-state index contributed by atoms with van der Waals surface area (Å²) in [5, 5.41) is 1.15. The maximum atomic E-state index is 12.4. The molecule has 1 aliphatic rings. The molecule has 1 aromatic carbocycles. The summed E-state index contributed by atoms with van der Waals surface area (Å²) in [6.45, 7) is 0.470. The van der Waals surface area contributed by atoms with E-state index in [0.29, 0.717) is 16.6 Å². The van der Waals surface area contributed by atoms with E-state index >= 15 is 0 Å². The van der Waals surface area contributed by atoms with Crippen molar-refractivity contribution in [2.75, 3.05) is 7.05 Å². The largest absolute Gasteiger partial charge is 0.340 e. The molecule has 0 radical (unpaired) electrons. The van der Waals surface area contributed by atoms with Crippen LogP contribution in [0.4, 0.5) is 0 Å². The lowest BCUT2D eigenvalue weighted by molar-refractivity contribution is -0.136. The molecule has 1 amide bonds. The van der Waals surface area contributed by atoms with Crippen LogP contribution in [-0.2, 0) is 11.3 Å². The molecule has 1 aliphatic carbocycles. The van der Waals surface area contributed by atoms with Crippen LogP contribution in [0.2, 0.25) is 10.0 Å². The van der Waals surface area contributed by atoms with Crippen LogP contribution in [0.3, 0.4) is 0 Å². The molecule has 6 heteroatoms. The van der Waals surface area contributed by atoms with Crippen molar-refractivity contribution in [1.29, 1.82) is 0 Å². The second-order valence-corrected chi connectivity index (χ2v) is 6.18. The highest BCUT2D eigenvalue weighted by Gasteiger charge is 2.38. The van der Waals surface area contributed by atoms with Crippen LogP contribution in [0.25, 0.3) is 0 Å². The Kier molecular flexibility index (Phi) is 6.14. The van der Waals surface area contributed by atoms with E-state index in [9.17, 15) is 4.79 Å². The molecule has 0 spiro atoms. The van der Waals surface area contributed by atoms with Crippen LogP contribution >= 0.6 is 35.6 Å². The first-order chi connectivity index (χ1) is 8.90. The molecular weight excluding hydrogens is 319 g/mol. The molecule has 0 heterocycles. The van der Waals surface area contributed by atoms with E-state index in [2.05, 4.69) is 0 Å². The van der Waals surface area contributed by atoms with E-state index in [-0.39, 0.29) is 18.3 Å². The van der Waals surface area contributed by atoms with E-state index in [1.807, 2.05) is 12.1 Å². The monoisotopic (exact) mass is 336 g/mol. The maximum Gasteiger partial charge on any atom is 0.242 e. The number of halogens is 3. The van der Waals surface area contributed by atoms with E-state index in [1.165, 1.54) is 0 Å². The number of rotatable bonds is 3. The lowest BCUT2D eigenvalue weighted by Gasteiger charge is -2.28. The first kappa shape index (κ1) is 17.6. The summed E-state index contributed by atoms with van der Waals surface area (Å²) >= 11 is 11.9. The predicted molar refractivity (Wildman–Crippen MR) is 85.6 cm³/mol. The number of nitrogens with zero attached hydrogens (tertiary/aromatic N) is 1. The van der Waals surface area contributed by atoms with Gasteiger partial charge in [-0.15, -0.1) is 12.4 Å².